The summed E-state index contributed by atoms with van der Waals surface area (Å²) >= 11 is 0. The zero-order valence-electron chi connectivity index (χ0n) is 35.8. The lowest BCUT2D eigenvalue weighted by Gasteiger charge is -2.61. The summed E-state index contributed by atoms with van der Waals surface area (Å²) in [6.45, 7) is 23.9. The van der Waals surface area contributed by atoms with E-state index in [1.165, 1.54) is 69.8 Å². The van der Waals surface area contributed by atoms with E-state index in [0.29, 0.717) is 41.8 Å². The fourth-order valence-electron chi connectivity index (χ4n) is 11.7. The number of carbonyl (C=O) groups excluding carboxylic acids is 2. The molecule has 1 unspecified atom stereocenters. The molecule has 0 aliphatic heterocycles. The zero-order valence-corrected chi connectivity index (χ0v) is 35.8. The molecule has 4 aliphatic carbocycles. The summed E-state index contributed by atoms with van der Waals surface area (Å²) in [7, 11) is 0. The molecule has 4 rings (SSSR count). The van der Waals surface area contributed by atoms with Crippen molar-refractivity contribution in [2.45, 2.75) is 204 Å². The summed E-state index contributed by atoms with van der Waals surface area (Å²) in [6, 6.07) is 0. The molecule has 3 nitrogen and oxygen atoms in total. The first-order valence-corrected chi connectivity index (χ1v) is 22.3. The Bertz CT molecular complexity index is 1250. The lowest BCUT2D eigenvalue weighted by Crippen LogP contribution is -2.56. The number of ether oxygens (including phenoxy) is 1. The number of carbonyl (C=O) groups is 2. The molecule has 0 N–H and O–H groups in total. The van der Waals surface area contributed by atoms with E-state index in [4.69, 9.17) is 4.74 Å². The van der Waals surface area contributed by atoms with Crippen molar-refractivity contribution >= 4 is 11.8 Å². The van der Waals surface area contributed by atoms with Gasteiger partial charge in [-0.05, 0) is 147 Å². The second-order valence-electron chi connectivity index (χ2n) is 20.4. The topological polar surface area (TPSA) is 43.4 Å². The van der Waals surface area contributed by atoms with E-state index < -0.39 is 0 Å². The first kappa shape index (κ1) is 43.1. The number of allylic oxidation sites excluding steroid dienone is 6. The largest absolute Gasteiger partial charge is 0.462 e. The lowest BCUT2D eigenvalue weighted by molar-refractivity contribution is -0.156. The third kappa shape index (κ3) is 10.2. The van der Waals surface area contributed by atoms with Crippen molar-refractivity contribution in [2.75, 3.05) is 0 Å². The van der Waals surface area contributed by atoms with Crippen molar-refractivity contribution in [3.63, 3.8) is 0 Å². The Labute approximate surface area is 322 Å². The highest BCUT2D eigenvalue weighted by molar-refractivity contribution is 5.94. The Hall–Kier alpha value is -1.64. The molecule has 3 fully saturated rings. The van der Waals surface area contributed by atoms with Gasteiger partial charge in [0.05, 0.1) is 0 Å². The number of hydrogen-bond acceptors (Lipinski definition) is 3. The zero-order chi connectivity index (χ0) is 38.2. The highest BCUT2D eigenvalue weighted by Crippen LogP contribution is 2.72. The van der Waals surface area contributed by atoms with Crippen LogP contribution in [-0.4, -0.2) is 17.9 Å². The van der Waals surface area contributed by atoms with Crippen LogP contribution in [0, 0.1) is 57.2 Å². The van der Waals surface area contributed by atoms with Crippen molar-refractivity contribution in [3.8, 4) is 0 Å². The van der Waals surface area contributed by atoms with Crippen LogP contribution < -0.4 is 0 Å². The van der Waals surface area contributed by atoms with Crippen LogP contribution in [0.25, 0.3) is 0 Å². The summed E-state index contributed by atoms with van der Waals surface area (Å²) in [5.41, 5.74) is 1.92. The third-order valence-electron chi connectivity index (χ3n) is 15.6. The van der Waals surface area contributed by atoms with Crippen molar-refractivity contribution < 1.29 is 14.3 Å². The van der Waals surface area contributed by atoms with Crippen LogP contribution in [0.15, 0.2) is 36.0 Å². The third-order valence-corrected chi connectivity index (χ3v) is 15.6. The molecule has 52 heavy (non-hydrogen) atoms. The van der Waals surface area contributed by atoms with Gasteiger partial charge in [0.2, 0.25) is 0 Å². The molecule has 296 valence electrons. The fourth-order valence-corrected chi connectivity index (χ4v) is 11.7. The van der Waals surface area contributed by atoms with E-state index >= 15 is 0 Å². The minimum absolute atomic E-state index is 0.00580. The van der Waals surface area contributed by atoms with Gasteiger partial charge in [-0.3, -0.25) is 9.59 Å². The van der Waals surface area contributed by atoms with Crippen molar-refractivity contribution in [1.82, 2.24) is 0 Å². The number of rotatable bonds is 19. The van der Waals surface area contributed by atoms with E-state index in [-0.39, 0.29) is 39.7 Å². The first-order valence-electron chi connectivity index (χ1n) is 22.3. The summed E-state index contributed by atoms with van der Waals surface area (Å²) in [5.74, 6) is 3.23. The minimum Gasteiger partial charge on any atom is -0.462 e. The molecule has 0 aromatic rings. The fraction of sp³-hybridized carbons (Fsp3) is 0.837. The summed E-state index contributed by atoms with van der Waals surface area (Å²) in [4.78, 5) is 27.3. The molecule has 0 bridgehead atoms. The van der Waals surface area contributed by atoms with Gasteiger partial charge in [-0.15, -0.1) is 0 Å². The van der Waals surface area contributed by atoms with Gasteiger partial charge in [0, 0.05) is 12.3 Å². The normalized spacial score (nSPS) is 34.5. The molecule has 0 heterocycles. The second kappa shape index (κ2) is 18.8. The van der Waals surface area contributed by atoms with Crippen LogP contribution in [0.3, 0.4) is 0 Å². The van der Waals surface area contributed by atoms with Gasteiger partial charge >= 0.3 is 5.97 Å². The van der Waals surface area contributed by atoms with Crippen LogP contribution in [0.5, 0.6) is 0 Å². The lowest BCUT2D eigenvalue weighted by atomic mass is 9.42. The molecule has 0 saturated heterocycles. The predicted octanol–water partition coefficient (Wildman–Crippen LogP) is 14.2. The standard InChI is InChI=1S/C49H82O3/c1-11-12-13-14-15-16-17-18-19-20-21-22-23-24-25-26-45(51)52-44(29-30-46(5,6)7)38(4)39-27-31-49(10)41-34-43(50)42-33-36(2)37(3)35-47(42,8)40(41)28-32-48(39,49)9/h15-16,18-19,34,36-40,42,44H,11-14,17,20-33,35H2,1-10H3/b16-15-,19-18-/t36-,37+,38+,39-,40?,42+,44-,47-,48-,49+/m1/s1. The van der Waals surface area contributed by atoms with Gasteiger partial charge in [-0.25, -0.2) is 0 Å². The van der Waals surface area contributed by atoms with Crippen LogP contribution >= 0.6 is 0 Å². The maximum Gasteiger partial charge on any atom is 0.306 e. The molecular formula is C49H82O3. The van der Waals surface area contributed by atoms with E-state index in [0.717, 1.165) is 57.8 Å². The quantitative estimate of drug-likeness (QED) is 0.0758. The van der Waals surface area contributed by atoms with Crippen LogP contribution in [0.1, 0.15) is 198 Å². The number of esters is 1. The highest BCUT2D eigenvalue weighted by Gasteiger charge is 2.65. The van der Waals surface area contributed by atoms with Crippen molar-refractivity contribution in [2.24, 2.45) is 57.2 Å². The van der Waals surface area contributed by atoms with Gasteiger partial charge in [0.25, 0.3) is 0 Å². The smallest absolute Gasteiger partial charge is 0.306 e. The molecular weight excluding hydrogens is 637 g/mol. The van der Waals surface area contributed by atoms with Gasteiger partial charge in [-0.2, -0.15) is 0 Å². The van der Waals surface area contributed by atoms with Gasteiger partial charge < -0.3 is 4.74 Å². The molecule has 0 spiro atoms. The minimum atomic E-state index is -0.0452. The average molecular weight is 719 g/mol. The van der Waals surface area contributed by atoms with Crippen molar-refractivity contribution in [1.29, 1.82) is 0 Å². The van der Waals surface area contributed by atoms with Gasteiger partial charge in [0.15, 0.2) is 5.78 Å². The molecule has 0 aromatic heterocycles. The SMILES string of the molecule is CCCCC/C=C\C/C=C\CCCCCCCC(=O)O[C@H](CCC(C)(C)C)[C@@H](C)[C@H]1CC[C@@]2(C)C3=CC(=O)[C@@H]4C[C@@H](C)[C@@H](C)C[C@]4(C)C3CC[C@]12C. The van der Waals surface area contributed by atoms with Crippen LogP contribution in [0.4, 0.5) is 0 Å². The Balaban J connectivity index is 1.31. The highest BCUT2D eigenvalue weighted by atomic mass is 16.5. The van der Waals surface area contributed by atoms with Gasteiger partial charge in [-0.1, -0.05) is 131 Å². The Morgan fingerprint density at radius 3 is 2.21 bits per heavy atom. The molecule has 10 atom stereocenters. The summed E-state index contributed by atoms with van der Waals surface area (Å²) in [6.07, 6.45) is 33.9. The second-order valence-corrected chi connectivity index (χ2v) is 20.4. The summed E-state index contributed by atoms with van der Waals surface area (Å²) in [5, 5.41) is 0. The Morgan fingerprint density at radius 2 is 1.54 bits per heavy atom. The Kier molecular flexibility index (Phi) is 15.6. The summed E-state index contributed by atoms with van der Waals surface area (Å²) < 4.78 is 6.51. The van der Waals surface area contributed by atoms with E-state index in [1.54, 1.807) is 0 Å². The molecule has 3 saturated carbocycles. The molecule has 0 amide bonds. The number of unbranched alkanes of at least 4 members (excludes halogenated alkanes) is 8. The van der Waals surface area contributed by atoms with E-state index in [2.05, 4.69) is 99.6 Å². The molecule has 3 heteroatoms. The molecule has 0 radical (unpaired) electrons. The number of ketones is 1. The van der Waals surface area contributed by atoms with E-state index in [1.807, 2.05) is 0 Å². The van der Waals surface area contributed by atoms with Crippen LogP contribution in [-0.2, 0) is 14.3 Å². The molecule has 0 aromatic carbocycles. The van der Waals surface area contributed by atoms with E-state index in [9.17, 15) is 9.59 Å². The van der Waals surface area contributed by atoms with Gasteiger partial charge in [0.1, 0.15) is 6.10 Å². The van der Waals surface area contributed by atoms with Crippen molar-refractivity contribution in [3.05, 3.63) is 36.0 Å². The first-order chi connectivity index (χ1) is 24.6. The maximum atomic E-state index is 13.9. The molecule has 4 aliphatic rings. The van der Waals surface area contributed by atoms with Crippen LogP contribution in [0.2, 0.25) is 0 Å². The number of fused-ring (bicyclic) bond motifs is 5. The number of hydrogen-bond donors (Lipinski definition) is 0. The predicted molar refractivity (Wildman–Crippen MR) is 221 cm³/mol. The monoisotopic (exact) mass is 719 g/mol. The maximum absolute atomic E-state index is 13.9. The Morgan fingerprint density at radius 1 is 0.885 bits per heavy atom. The average Bonchev–Trinajstić information content (AvgIpc) is 3.36.